The zero-order valence-corrected chi connectivity index (χ0v) is 14.9. The Hall–Kier alpha value is -2.32. The van der Waals surface area contributed by atoms with Crippen molar-refractivity contribution in [3.8, 4) is 0 Å². The molecular weight excluding hydrogens is 381 g/mol. The smallest absolute Gasteiger partial charge is 0.417 e. The molecule has 1 unspecified atom stereocenters. The van der Waals surface area contributed by atoms with Gasteiger partial charge in [0.15, 0.2) is 5.78 Å². The van der Waals surface area contributed by atoms with Gasteiger partial charge in [0.1, 0.15) is 0 Å². The summed E-state index contributed by atoms with van der Waals surface area (Å²) in [5, 5.41) is 19.3. The first-order valence-corrected chi connectivity index (χ1v) is 8.94. The van der Waals surface area contributed by atoms with Crippen LogP contribution in [0.25, 0.3) is 0 Å². The monoisotopic (exact) mass is 396 g/mol. The third kappa shape index (κ3) is 3.02. The zero-order valence-electron chi connectivity index (χ0n) is 14.1. The normalized spacial score (nSPS) is 19.7. The number of Topliss-reactive ketones (excluding diaryl/α,β-unsaturated/α-hetero) is 1. The zero-order chi connectivity index (χ0) is 20.0. The largest absolute Gasteiger partial charge is 0.478 e. The van der Waals surface area contributed by atoms with Crippen LogP contribution in [0.2, 0.25) is 0 Å². The van der Waals surface area contributed by atoms with Crippen molar-refractivity contribution in [3.63, 3.8) is 0 Å². The van der Waals surface area contributed by atoms with E-state index in [4.69, 9.17) is 0 Å². The number of carbonyl (C=O) groups excluding carboxylic acids is 1. The third-order valence-corrected chi connectivity index (χ3v) is 6.02. The molecule has 4 nitrogen and oxygen atoms in total. The van der Waals surface area contributed by atoms with Crippen molar-refractivity contribution in [1.29, 1.82) is 0 Å². The second-order valence-corrected chi connectivity index (χ2v) is 7.35. The molecule has 3 rings (SSSR count). The highest BCUT2D eigenvalue weighted by Gasteiger charge is 2.50. The first-order valence-electron chi connectivity index (χ1n) is 7.95. The Morgan fingerprint density at radius 2 is 1.89 bits per heavy atom. The Morgan fingerprint density at radius 1 is 1.22 bits per heavy atom. The van der Waals surface area contributed by atoms with Gasteiger partial charge in [-0.3, -0.25) is 4.79 Å². The molecule has 27 heavy (non-hydrogen) atoms. The molecule has 0 amide bonds. The van der Waals surface area contributed by atoms with Crippen molar-refractivity contribution >= 4 is 23.5 Å². The predicted molar refractivity (Wildman–Crippen MR) is 93.4 cm³/mol. The summed E-state index contributed by atoms with van der Waals surface area (Å²) in [6.45, 7) is 0.807. The molecule has 1 aliphatic heterocycles. The number of carboxylic acid groups (broad SMARTS) is 1. The highest BCUT2D eigenvalue weighted by Crippen LogP contribution is 2.47. The third-order valence-electron chi connectivity index (χ3n) is 4.73. The summed E-state index contributed by atoms with van der Waals surface area (Å²) in [5.41, 5.74) is -3.87. The van der Waals surface area contributed by atoms with Gasteiger partial charge in [0, 0.05) is 16.2 Å². The number of ketones is 1. The number of aromatic carboxylic acids is 1. The Bertz CT molecular complexity index is 939. The average molecular weight is 396 g/mol. The minimum atomic E-state index is -5.00. The molecule has 0 bridgehead atoms. The summed E-state index contributed by atoms with van der Waals surface area (Å²) in [7, 11) is 0. The number of aliphatic hydroxyl groups is 1. The molecule has 0 spiro atoms. The topological polar surface area (TPSA) is 74.6 Å². The molecule has 0 saturated carbocycles. The number of hydrogen-bond donors (Lipinski definition) is 2. The number of hydrogen-bond acceptors (Lipinski definition) is 4. The van der Waals surface area contributed by atoms with E-state index in [9.17, 15) is 33.0 Å². The van der Waals surface area contributed by atoms with Crippen LogP contribution >= 0.6 is 11.8 Å². The number of carbonyl (C=O) groups is 2. The van der Waals surface area contributed by atoms with Crippen molar-refractivity contribution in [2.24, 2.45) is 0 Å². The van der Waals surface area contributed by atoms with Crippen LogP contribution in [-0.2, 0) is 11.6 Å². The highest BCUT2D eigenvalue weighted by atomic mass is 32.2. The molecular formula is C19H15F3O4S. The lowest BCUT2D eigenvalue weighted by atomic mass is 9.72. The summed E-state index contributed by atoms with van der Waals surface area (Å²) >= 11 is 1.17. The van der Waals surface area contributed by atoms with Gasteiger partial charge in [0.25, 0.3) is 0 Å². The fourth-order valence-electron chi connectivity index (χ4n) is 3.40. The Balaban J connectivity index is 2.32. The van der Waals surface area contributed by atoms with Crippen LogP contribution in [0, 0.1) is 6.92 Å². The van der Waals surface area contributed by atoms with Crippen LogP contribution < -0.4 is 0 Å². The standard InChI is InChI=1S/C19H15F3O4S/c1-10-4-2-7-13-14(10)16(24)18(8-23,9-27-13)12-6-3-5-11(17(25)26)15(12)19(20,21)22/h2-7,23H,8-9H2,1H3,(H,25,26). The van der Waals surface area contributed by atoms with Gasteiger partial charge in [0.2, 0.25) is 0 Å². The molecule has 0 radical (unpaired) electrons. The molecule has 1 heterocycles. The number of aryl methyl sites for hydroxylation is 1. The SMILES string of the molecule is Cc1cccc2c1C(=O)C(CO)(c1cccc(C(=O)O)c1C(F)(F)F)CS2. The Morgan fingerprint density at radius 3 is 2.48 bits per heavy atom. The van der Waals surface area contributed by atoms with E-state index in [0.717, 1.165) is 18.2 Å². The number of benzene rings is 2. The van der Waals surface area contributed by atoms with E-state index in [1.165, 1.54) is 11.8 Å². The van der Waals surface area contributed by atoms with Crippen molar-refractivity contribution in [2.45, 2.75) is 23.4 Å². The van der Waals surface area contributed by atoms with Crippen LogP contribution in [0.1, 0.15) is 37.4 Å². The lowest BCUT2D eigenvalue weighted by Gasteiger charge is -2.37. The first-order chi connectivity index (χ1) is 12.6. The van der Waals surface area contributed by atoms with E-state index in [1.807, 2.05) is 0 Å². The molecule has 1 atom stereocenters. The second-order valence-electron chi connectivity index (χ2n) is 6.34. The van der Waals surface area contributed by atoms with Gasteiger partial charge in [-0.05, 0) is 30.2 Å². The number of fused-ring (bicyclic) bond motifs is 1. The molecule has 2 aromatic carbocycles. The summed E-state index contributed by atoms with van der Waals surface area (Å²) in [6.07, 6.45) is -5.00. The van der Waals surface area contributed by atoms with Crippen LogP contribution in [0.5, 0.6) is 0 Å². The summed E-state index contributed by atoms with van der Waals surface area (Å²) in [5.74, 6) is -2.50. The van der Waals surface area contributed by atoms with Crippen molar-refractivity contribution in [1.82, 2.24) is 0 Å². The highest BCUT2D eigenvalue weighted by molar-refractivity contribution is 7.99. The molecule has 0 saturated heterocycles. The van der Waals surface area contributed by atoms with E-state index in [2.05, 4.69) is 0 Å². The van der Waals surface area contributed by atoms with Gasteiger partial charge in [-0.1, -0.05) is 24.3 Å². The minimum absolute atomic E-state index is 0.120. The number of alkyl halides is 3. The maximum Gasteiger partial charge on any atom is 0.417 e. The fourth-order valence-corrected chi connectivity index (χ4v) is 4.75. The summed E-state index contributed by atoms with van der Waals surface area (Å²) in [6, 6.07) is 8.20. The number of aliphatic hydroxyl groups excluding tert-OH is 1. The van der Waals surface area contributed by atoms with Gasteiger partial charge in [-0.2, -0.15) is 13.2 Å². The molecule has 2 aromatic rings. The molecule has 2 N–H and O–H groups in total. The van der Waals surface area contributed by atoms with E-state index in [-0.39, 0.29) is 11.3 Å². The number of halogens is 3. The van der Waals surface area contributed by atoms with Crippen molar-refractivity contribution in [2.75, 3.05) is 12.4 Å². The molecule has 1 aliphatic rings. The number of rotatable bonds is 3. The number of carboxylic acids is 1. The van der Waals surface area contributed by atoms with Gasteiger partial charge in [-0.15, -0.1) is 11.8 Å². The van der Waals surface area contributed by atoms with Crippen molar-refractivity contribution < 1.29 is 33.0 Å². The van der Waals surface area contributed by atoms with Crippen LogP contribution in [0.15, 0.2) is 41.3 Å². The molecule has 142 valence electrons. The van der Waals surface area contributed by atoms with Gasteiger partial charge in [-0.25, -0.2) is 4.79 Å². The summed E-state index contributed by atoms with van der Waals surface area (Å²) in [4.78, 5) is 25.3. The van der Waals surface area contributed by atoms with E-state index in [0.29, 0.717) is 10.5 Å². The van der Waals surface area contributed by atoms with Gasteiger partial charge < -0.3 is 10.2 Å². The lowest BCUT2D eigenvalue weighted by Crippen LogP contribution is -2.46. The maximum absolute atomic E-state index is 13.8. The van der Waals surface area contributed by atoms with E-state index in [1.54, 1.807) is 25.1 Å². The minimum Gasteiger partial charge on any atom is -0.478 e. The first kappa shape index (κ1) is 19.4. The molecule has 8 heteroatoms. The van der Waals surface area contributed by atoms with Crippen LogP contribution in [-0.4, -0.2) is 34.3 Å². The Kier molecular flexibility index (Phi) is 4.81. The fraction of sp³-hybridized carbons (Fsp3) is 0.263. The average Bonchev–Trinajstić information content (AvgIpc) is 2.61. The quantitative estimate of drug-likeness (QED) is 0.822. The maximum atomic E-state index is 13.8. The van der Waals surface area contributed by atoms with Crippen molar-refractivity contribution in [3.05, 3.63) is 64.2 Å². The van der Waals surface area contributed by atoms with E-state index < -0.39 is 46.6 Å². The van der Waals surface area contributed by atoms with Crippen LogP contribution in [0.3, 0.4) is 0 Å². The van der Waals surface area contributed by atoms with Gasteiger partial charge in [0.05, 0.1) is 23.1 Å². The number of thioether (sulfide) groups is 1. The Labute approximate surface area is 157 Å². The molecule has 0 aliphatic carbocycles. The van der Waals surface area contributed by atoms with Gasteiger partial charge >= 0.3 is 12.1 Å². The predicted octanol–water partition coefficient (Wildman–Crippen LogP) is 3.93. The lowest BCUT2D eigenvalue weighted by molar-refractivity contribution is -0.139. The summed E-state index contributed by atoms with van der Waals surface area (Å²) < 4.78 is 41.3. The van der Waals surface area contributed by atoms with E-state index >= 15 is 0 Å². The second kappa shape index (κ2) is 6.69. The molecule has 0 fully saturated rings. The van der Waals surface area contributed by atoms with Crippen LogP contribution in [0.4, 0.5) is 13.2 Å². The molecule has 0 aromatic heterocycles.